The van der Waals surface area contributed by atoms with Gasteiger partial charge < -0.3 is 4.57 Å². The molecule has 1 aromatic heterocycles. The van der Waals surface area contributed by atoms with Gasteiger partial charge in [-0.2, -0.15) is 0 Å². The van der Waals surface area contributed by atoms with Crippen LogP contribution in [0.4, 0.5) is 8.78 Å². The van der Waals surface area contributed by atoms with E-state index in [0.717, 1.165) is 18.3 Å². The van der Waals surface area contributed by atoms with E-state index >= 15 is 0 Å². The summed E-state index contributed by atoms with van der Waals surface area (Å²) in [6.07, 6.45) is 1.14. The Morgan fingerprint density at radius 2 is 1.89 bits per heavy atom. The maximum absolute atomic E-state index is 13.5. The molecule has 0 atom stereocenters. The first kappa shape index (κ1) is 14.0. The molecule has 8 heteroatoms. The molecule has 0 saturated carbocycles. The Kier molecular flexibility index (Phi) is 3.60. The summed E-state index contributed by atoms with van der Waals surface area (Å²) in [6, 6.07) is 3.51. The van der Waals surface area contributed by atoms with Crippen molar-refractivity contribution < 1.29 is 17.2 Å². The van der Waals surface area contributed by atoms with Crippen molar-refractivity contribution in [2.75, 3.05) is 0 Å². The molecule has 0 spiro atoms. The van der Waals surface area contributed by atoms with Gasteiger partial charge in [-0.05, 0) is 19.1 Å². The molecule has 0 amide bonds. The summed E-state index contributed by atoms with van der Waals surface area (Å²) < 4.78 is 50.5. The number of hydrogen-bond acceptors (Lipinski definition) is 3. The molecule has 0 saturated heterocycles. The van der Waals surface area contributed by atoms with E-state index in [-0.39, 0.29) is 17.1 Å². The molecule has 4 nitrogen and oxygen atoms in total. The molecule has 0 bridgehead atoms. The van der Waals surface area contributed by atoms with Gasteiger partial charge in [0.2, 0.25) is 0 Å². The monoisotopic (exact) mass is 306 g/mol. The van der Waals surface area contributed by atoms with Crippen LogP contribution in [-0.2, 0) is 15.6 Å². The molecule has 2 rings (SSSR count). The van der Waals surface area contributed by atoms with Crippen LogP contribution in [0.3, 0.4) is 0 Å². The zero-order chi connectivity index (χ0) is 14.2. The zero-order valence-electron chi connectivity index (χ0n) is 9.77. The predicted molar refractivity (Wildman–Crippen MR) is 65.5 cm³/mol. The molecule has 0 aliphatic carbocycles. The second-order valence-corrected chi connectivity index (χ2v) is 6.41. The highest BCUT2D eigenvalue weighted by Crippen LogP contribution is 2.18. The lowest BCUT2D eigenvalue weighted by Gasteiger charge is -2.07. The zero-order valence-corrected chi connectivity index (χ0v) is 11.3. The smallest absolute Gasteiger partial charge is 0.280 e. The van der Waals surface area contributed by atoms with Crippen LogP contribution >= 0.6 is 10.7 Å². The molecule has 0 radical (unpaired) electrons. The highest BCUT2D eigenvalue weighted by atomic mass is 35.7. The van der Waals surface area contributed by atoms with Crippen LogP contribution in [0.2, 0.25) is 0 Å². The van der Waals surface area contributed by atoms with Crippen molar-refractivity contribution in [1.82, 2.24) is 9.55 Å². The Morgan fingerprint density at radius 3 is 2.37 bits per heavy atom. The van der Waals surface area contributed by atoms with Gasteiger partial charge in [0.15, 0.2) is 5.03 Å². The Bertz CT molecular complexity index is 708. The quantitative estimate of drug-likeness (QED) is 0.819. The standard InChI is InChI=1S/C11H9ClF2N2O2S/c1-7-15-11(19(12,17)18)6-16(7)5-8-9(13)3-2-4-10(8)14/h2-4,6H,5H2,1H3. The summed E-state index contributed by atoms with van der Waals surface area (Å²) >= 11 is 0. The van der Waals surface area contributed by atoms with Crippen molar-refractivity contribution in [1.29, 1.82) is 0 Å². The summed E-state index contributed by atoms with van der Waals surface area (Å²) in [5.74, 6) is -1.12. The second-order valence-electron chi connectivity index (χ2n) is 3.89. The Balaban J connectivity index is 2.42. The van der Waals surface area contributed by atoms with Crippen LogP contribution < -0.4 is 0 Å². The average Bonchev–Trinajstić information content (AvgIpc) is 2.65. The number of hydrogen-bond donors (Lipinski definition) is 0. The van der Waals surface area contributed by atoms with Crippen molar-refractivity contribution in [3.63, 3.8) is 0 Å². The van der Waals surface area contributed by atoms with Gasteiger partial charge in [-0.3, -0.25) is 0 Å². The number of imidazole rings is 1. The number of rotatable bonds is 3. The van der Waals surface area contributed by atoms with E-state index in [4.69, 9.17) is 10.7 Å². The molecule has 1 aromatic carbocycles. The Hall–Kier alpha value is -1.47. The lowest BCUT2D eigenvalue weighted by molar-refractivity contribution is 0.542. The van der Waals surface area contributed by atoms with Crippen LogP contribution in [0, 0.1) is 18.6 Å². The predicted octanol–water partition coefficient (Wildman–Crippen LogP) is 2.45. The van der Waals surface area contributed by atoms with Crippen molar-refractivity contribution in [2.24, 2.45) is 0 Å². The summed E-state index contributed by atoms with van der Waals surface area (Å²) in [7, 11) is 1.19. The third-order valence-corrected chi connectivity index (χ3v) is 3.76. The molecule has 0 aliphatic heterocycles. The fourth-order valence-electron chi connectivity index (χ4n) is 1.61. The summed E-state index contributed by atoms with van der Waals surface area (Å²) in [5.41, 5.74) is -0.165. The lowest BCUT2D eigenvalue weighted by atomic mass is 10.2. The van der Waals surface area contributed by atoms with Crippen LogP contribution in [0.5, 0.6) is 0 Å². The molecule has 102 valence electrons. The van der Waals surface area contributed by atoms with E-state index in [9.17, 15) is 17.2 Å². The molecule has 0 unspecified atom stereocenters. The highest BCUT2D eigenvalue weighted by Gasteiger charge is 2.17. The van der Waals surface area contributed by atoms with E-state index < -0.39 is 20.7 Å². The molecule has 0 aliphatic rings. The Morgan fingerprint density at radius 1 is 1.32 bits per heavy atom. The van der Waals surface area contributed by atoms with Gasteiger partial charge in [-0.1, -0.05) is 6.07 Å². The second kappa shape index (κ2) is 4.90. The maximum atomic E-state index is 13.5. The fraction of sp³-hybridized carbons (Fsp3) is 0.182. The van der Waals surface area contributed by atoms with Crippen molar-refractivity contribution >= 4 is 19.7 Å². The topological polar surface area (TPSA) is 52.0 Å². The maximum Gasteiger partial charge on any atom is 0.280 e. The number of benzene rings is 1. The summed E-state index contributed by atoms with van der Waals surface area (Å²) in [4.78, 5) is 3.74. The third kappa shape index (κ3) is 2.93. The summed E-state index contributed by atoms with van der Waals surface area (Å²) in [5, 5.41) is -0.344. The highest BCUT2D eigenvalue weighted by molar-refractivity contribution is 8.13. The first-order valence-corrected chi connectivity index (χ1v) is 7.51. The average molecular weight is 307 g/mol. The Labute approximate surface area is 113 Å². The van der Waals surface area contributed by atoms with Gasteiger partial charge in [0.05, 0.1) is 6.54 Å². The number of aromatic nitrogens is 2. The van der Waals surface area contributed by atoms with Crippen LogP contribution in [-0.4, -0.2) is 18.0 Å². The van der Waals surface area contributed by atoms with Gasteiger partial charge in [-0.15, -0.1) is 0 Å². The SMILES string of the molecule is Cc1nc(S(=O)(=O)Cl)cn1Cc1c(F)cccc1F. The number of halogens is 3. The van der Waals surface area contributed by atoms with E-state index in [0.29, 0.717) is 5.82 Å². The molecule has 2 aromatic rings. The molecule has 0 N–H and O–H groups in total. The van der Waals surface area contributed by atoms with Gasteiger partial charge >= 0.3 is 0 Å². The van der Waals surface area contributed by atoms with Crippen LogP contribution in [0.15, 0.2) is 29.4 Å². The van der Waals surface area contributed by atoms with Crippen LogP contribution in [0.1, 0.15) is 11.4 Å². The van der Waals surface area contributed by atoms with Gasteiger partial charge in [0.1, 0.15) is 17.5 Å². The normalized spacial score (nSPS) is 11.8. The fourth-order valence-corrected chi connectivity index (χ4v) is 2.33. The van der Waals surface area contributed by atoms with Crippen molar-refractivity contribution in [2.45, 2.75) is 18.5 Å². The minimum Gasteiger partial charge on any atom is -0.329 e. The van der Waals surface area contributed by atoms with Crippen molar-refractivity contribution in [3.05, 3.63) is 47.4 Å². The molecular formula is C11H9ClF2N2O2S. The van der Waals surface area contributed by atoms with E-state index in [1.54, 1.807) is 0 Å². The molecule has 1 heterocycles. The van der Waals surface area contributed by atoms with Crippen molar-refractivity contribution in [3.8, 4) is 0 Å². The van der Waals surface area contributed by atoms with E-state index in [1.807, 2.05) is 0 Å². The lowest BCUT2D eigenvalue weighted by Crippen LogP contribution is -2.05. The van der Waals surface area contributed by atoms with Crippen LogP contribution in [0.25, 0.3) is 0 Å². The minimum atomic E-state index is -3.96. The molecule has 0 fully saturated rings. The summed E-state index contributed by atoms with van der Waals surface area (Å²) in [6.45, 7) is 1.36. The van der Waals surface area contributed by atoms with Gasteiger partial charge in [0.25, 0.3) is 9.05 Å². The molecular weight excluding hydrogens is 298 g/mol. The number of aryl methyl sites for hydroxylation is 1. The first-order chi connectivity index (χ1) is 8.79. The number of nitrogens with zero attached hydrogens (tertiary/aromatic N) is 2. The van der Waals surface area contributed by atoms with E-state index in [1.165, 1.54) is 17.6 Å². The largest absolute Gasteiger partial charge is 0.329 e. The van der Waals surface area contributed by atoms with E-state index in [2.05, 4.69) is 4.98 Å². The molecule has 19 heavy (non-hydrogen) atoms. The first-order valence-electron chi connectivity index (χ1n) is 5.20. The van der Waals surface area contributed by atoms with Gasteiger partial charge in [0, 0.05) is 22.4 Å². The third-order valence-electron chi connectivity index (χ3n) is 2.59. The van der Waals surface area contributed by atoms with Gasteiger partial charge in [-0.25, -0.2) is 22.2 Å². The minimum absolute atomic E-state index is 0.163.